The van der Waals surface area contributed by atoms with E-state index in [2.05, 4.69) is 15.2 Å². The largest absolute Gasteiger partial charge is 0.353 e. The molecule has 1 N–H and O–H groups in total. The molecule has 0 radical (unpaired) electrons. The van der Waals surface area contributed by atoms with Gasteiger partial charge in [0.05, 0.1) is 6.54 Å². The van der Waals surface area contributed by atoms with Gasteiger partial charge in [0.15, 0.2) is 0 Å². The van der Waals surface area contributed by atoms with E-state index in [9.17, 15) is 9.59 Å². The average molecular weight is 316 g/mol. The number of anilines is 1. The molecule has 3 rings (SSSR count). The van der Waals surface area contributed by atoms with E-state index in [0.29, 0.717) is 13.1 Å². The number of piperazine rings is 1. The summed E-state index contributed by atoms with van der Waals surface area (Å²) in [6.07, 6.45) is 5.96. The topological polar surface area (TPSA) is 65.5 Å². The van der Waals surface area contributed by atoms with Gasteiger partial charge in [0.1, 0.15) is 5.82 Å². The molecule has 1 saturated carbocycles. The quantitative estimate of drug-likeness (QED) is 0.901. The molecule has 2 heterocycles. The molecule has 0 spiro atoms. The van der Waals surface area contributed by atoms with E-state index in [-0.39, 0.29) is 24.3 Å². The van der Waals surface area contributed by atoms with Crippen LogP contribution in [0.2, 0.25) is 0 Å². The maximum Gasteiger partial charge on any atom is 0.242 e. The highest BCUT2D eigenvalue weighted by Crippen LogP contribution is 2.24. The fraction of sp³-hybridized carbons (Fsp3) is 0.588. The van der Waals surface area contributed by atoms with Crippen molar-refractivity contribution in [2.24, 2.45) is 5.92 Å². The van der Waals surface area contributed by atoms with Gasteiger partial charge in [0, 0.05) is 38.3 Å². The van der Waals surface area contributed by atoms with Gasteiger partial charge in [-0.2, -0.15) is 0 Å². The maximum absolute atomic E-state index is 12.2. The molecular weight excluding hydrogens is 292 g/mol. The Bertz CT molecular complexity index is 535. The maximum atomic E-state index is 12.2. The van der Waals surface area contributed by atoms with Crippen molar-refractivity contribution in [1.29, 1.82) is 0 Å². The van der Waals surface area contributed by atoms with Crippen LogP contribution in [-0.2, 0) is 9.59 Å². The minimum Gasteiger partial charge on any atom is -0.353 e. The Balaban J connectivity index is 1.42. The van der Waals surface area contributed by atoms with Gasteiger partial charge >= 0.3 is 0 Å². The second-order valence-corrected chi connectivity index (χ2v) is 6.25. The molecule has 0 unspecified atom stereocenters. The lowest BCUT2D eigenvalue weighted by molar-refractivity contribution is -0.134. The van der Waals surface area contributed by atoms with E-state index in [1.54, 1.807) is 6.20 Å². The number of nitrogens with one attached hydrogen (secondary N) is 1. The second kappa shape index (κ2) is 7.44. The third kappa shape index (κ3) is 4.00. The van der Waals surface area contributed by atoms with Crippen molar-refractivity contribution in [3.8, 4) is 0 Å². The van der Waals surface area contributed by atoms with Crippen molar-refractivity contribution >= 4 is 17.6 Å². The van der Waals surface area contributed by atoms with Crippen molar-refractivity contribution in [2.45, 2.75) is 25.7 Å². The van der Waals surface area contributed by atoms with Gasteiger partial charge in [0.25, 0.3) is 0 Å². The number of hydrogen-bond donors (Lipinski definition) is 1. The molecule has 1 saturated heterocycles. The number of aromatic nitrogens is 1. The van der Waals surface area contributed by atoms with Gasteiger partial charge in [-0.3, -0.25) is 9.59 Å². The molecule has 2 fully saturated rings. The van der Waals surface area contributed by atoms with Crippen LogP contribution in [0.4, 0.5) is 5.82 Å². The monoisotopic (exact) mass is 316 g/mol. The normalized spacial score (nSPS) is 19.0. The highest BCUT2D eigenvalue weighted by Gasteiger charge is 2.25. The summed E-state index contributed by atoms with van der Waals surface area (Å²) >= 11 is 0. The Morgan fingerprint density at radius 2 is 1.87 bits per heavy atom. The zero-order valence-corrected chi connectivity index (χ0v) is 13.4. The molecule has 1 aliphatic carbocycles. The van der Waals surface area contributed by atoms with Crippen molar-refractivity contribution < 1.29 is 9.59 Å². The first-order valence-electron chi connectivity index (χ1n) is 8.45. The summed E-state index contributed by atoms with van der Waals surface area (Å²) in [5.74, 6) is 1.12. The van der Waals surface area contributed by atoms with Crippen LogP contribution in [-0.4, -0.2) is 54.4 Å². The van der Waals surface area contributed by atoms with Crippen molar-refractivity contribution in [3.05, 3.63) is 24.4 Å². The zero-order chi connectivity index (χ0) is 16.1. The number of hydrogen-bond acceptors (Lipinski definition) is 4. The van der Waals surface area contributed by atoms with E-state index in [1.807, 2.05) is 23.1 Å². The summed E-state index contributed by atoms with van der Waals surface area (Å²) in [7, 11) is 0. The molecule has 1 aliphatic heterocycles. The minimum absolute atomic E-state index is 0.0111. The van der Waals surface area contributed by atoms with E-state index in [4.69, 9.17) is 0 Å². The predicted octanol–water partition coefficient (Wildman–Crippen LogP) is 1.04. The first-order valence-corrected chi connectivity index (χ1v) is 8.45. The molecule has 124 valence electrons. The van der Waals surface area contributed by atoms with Crippen LogP contribution in [0.25, 0.3) is 0 Å². The third-order valence-corrected chi connectivity index (χ3v) is 4.75. The second-order valence-electron chi connectivity index (χ2n) is 6.25. The fourth-order valence-corrected chi connectivity index (χ4v) is 3.33. The van der Waals surface area contributed by atoms with Crippen LogP contribution < -0.4 is 10.2 Å². The Morgan fingerprint density at radius 3 is 2.52 bits per heavy atom. The summed E-state index contributed by atoms with van der Waals surface area (Å²) in [6, 6.07) is 5.86. The molecular formula is C17H24N4O2. The summed E-state index contributed by atoms with van der Waals surface area (Å²) in [4.78, 5) is 32.6. The molecule has 2 amide bonds. The molecule has 0 bridgehead atoms. The summed E-state index contributed by atoms with van der Waals surface area (Å²) in [5, 5.41) is 2.81. The lowest BCUT2D eigenvalue weighted by Crippen LogP contribution is -2.51. The van der Waals surface area contributed by atoms with Gasteiger partial charge in [-0.15, -0.1) is 0 Å². The summed E-state index contributed by atoms with van der Waals surface area (Å²) < 4.78 is 0. The summed E-state index contributed by atoms with van der Waals surface area (Å²) in [6.45, 7) is 3.03. The Labute approximate surface area is 136 Å². The highest BCUT2D eigenvalue weighted by atomic mass is 16.2. The van der Waals surface area contributed by atoms with Crippen molar-refractivity contribution in [2.75, 3.05) is 37.6 Å². The number of rotatable bonds is 4. The van der Waals surface area contributed by atoms with Crippen LogP contribution in [0, 0.1) is 5.92 Å². The third-order valence-electron chi connectivity index (χ3n) is 4.75. The van der Waals surface area contributed by atoms with Crippen molar-refractivity contribution in [3.63, 3.8) is 0 Å². The number of carbonyl (C=O) groups excluding carboxylic acids is 2. The van der Waals surface area contributed by atoms with Crippen LogP contribution in [0.1, 0.15) is 25.7 Å². The molecule has 6 nitrogen and oxygen atoms in total. The molecule has 6 heteroatoms. The Hall–Kier alpha value is -2.11. The molecule has 1 aromatic rings. The number of nitrogens with zero attached hydrogens (tertiary/aromatic N) is 3. The highest BCUT2D eigenvalue weighted by molar-refractivity contribution is 5.86. The first kappa shape index (κ1) is 15.8. The molecule has 1 aromatic heterocycles. The average Bonchev–Trinajstić information content (AvgIpc) is 3.15. The van der Waals surface area contributed by atoms with Gasteiger partial charge < -0.3 is 15.1 Å². The van der Waals surface area contributed by atoms with Crippen LogP contribution in [0.15, 0.2) is 24.4 Å². The van der Waals surface area contributed by atoms with Gasteiger partial charge in [-0.1, -0.05) is 18.9 Å². The number of amides is 2. The predicted molar refractivity (Wildman–Crippen MR) is 88.0 cm³/mol. The lowest BCUT2D eigenvalue weighted by atomic mass is 10.1. The van der Waals surface area contributed by atoms with E-state index in [1.165, 1.54) is 0 Å². The molecule has 0 aromatic carbocycles. The smallest absolute Gasteiger partial charge is 0.242 e. The molecule has 0 atom stereocenters. The number of pyridine rings is 1. The SMILES string of the molecule is O=C(NCC(=O)N1CCN(c2ccccn2)CC1)C1CCCC1. The Kier molecular flexibility index (Phi) is 5.10. The van der Waals surface area contributed by atoms with Crippen LogP contribution in [0.3, 0.4) is 0 Å². The van der Waals surface area contributed by atoms with Crippen LogP contribution >= 0.6 is 0 Å². The Morgan fingerprint density at radius 1 is 1.13 bits per heavy atom. The lowest BCUT2D eigenvalue weighted by Gasteiger charge is -2.35. The fourth-order valence-electron chi connectivity index (χ4n) is 3.33. The molecule has 2 aliphatic rings. The zero-order valence-electron chi connectivity index (χ0n) is 13.4. The van der Waals surface area contributed by atoms with Gasteiger partial charge in [-0.25, -0.2) is 4.98 Å². The van der Waals surface area contributed by atoms with Crippen LogP contribution in [0.5, 0.6) is 0 Å². The minimum atomic E-state index is 0.0111. The van der Waals surface area contributed by atoms with E-state index in [0.717, 1.165) is 44.6 Å². The molecule has 23 heavy (non-hydrogen) atoms. The van der Waals surface area contributed by atoms with E-state index < -0.39 is 0 Å². The first-order chi connectivity index (χ1) is 11.2. The van der Waals surface area contributed by atoms with Crippen molar-refractivity contribution in [1.82, 2.24) is 15.2 Å². The van der Waals surface area contributed by atoms with E-state index >= 15 is 0 Å². The number of carbonyl (C=O) groups is 2. The van der Waals surface area contributed by atoms with Gasteiger partial charge in [-0.05, 0) is 25.0 Å². The standard InChI is InChI=1S/C17H24N4O2/c22-16(13-19-17(23)14-5-1-2-6-14)21-11-9-20(10-12-21)15-7-3-4-8-18-15/h3-4,7-8,14H,1-2,5-6,9-13H2,(H,19,23). The summed E-state index contributed by atoms with van der Waals surface area (Å²) in [5.41, 5.74) is 0. The van der Waals surface area contributed by atoms with Gasteiger partial charge in [0.2, 0.25) is 11.8 Å².